The number of benzene rings is 1. The second-order valence-electron chi connectivity index (χ2n) is 5.18. The van der Waals surface area contributed by atoms with Crippen LogP contribution in [0.1, 0.15) is 28.8 Å². The molecule has 0 amide bonds. The fourth-order valence-electron chi connectivity index (χ4n) is 2.63. The topological polar surface area (TPSA) is 38.1 Å². The Bertz CT molecular complexity index is 795. The van der Waals surface area contributed by atoms with Gasteiger partial charge in [0.2, 0.25) is 0 Å². The van der Waals surface area contributed by atoms with Crippen LogP contribution in [0.5, 0.6) is 0 Å². The van der Waals surface area contributed by atoms with Crippen LogP contribution in [0, 0.1) is 13.8 Å². The third kappa shape index (κ3) is 2.67. The average molecular weight is 301 g/mol. The Hall–Kier alpha value is -1.84. The van der Waals surface area contributed by atoms with E-state index in [-0.39, 0.29) is 6.04 Å². The van der Waals surface area contributed by atoms with E-state index in [2.05, 4.69) is 16.4 Å². The highest BCUT2D eigenvalue weighted by Gasteiger charge is 2.19. The first-order valence-corrected chi connectivity index (χ1v) is 7.26. The Kier molecular flexibility index (Phi) is 3.70. The van der Waals surface area contributed by atoms with Crippen molar-refractivity contribution in [2.45, 2.75) is 19.9 Å². The number of rotatable bonds is 3. The molecule has 2 aromatic heterocycles. The zero-order valence-electron chi connectivity index (χ0n) is 12.3. The first-order valence-electron chi connectivity index (χ1n) is 6.89. The summed E-state index contributed by atoms with van der Waals surface area (Å²) in [6.07, 6.45) is 0. The molecular formula is C17H17ClN2O. The molecule has 0 spiro atoms. The van der Waals surface area contributed by atoms with Gasteiger partial charge in [-0.3, -0.25) is 4.98 Å². The molecule has 0 aliphatic carbocycles. The molecule has 108 valence electrons. The van der Waals surface area contributed by atoms with Crippen LogP contribution in [0.2, 0.25) is 5.02 Å². The highest BCUT2D eigenvalue weighted by molar-refractivity contribution is 6.31. The maximum atomic E-state index is 6.03. The largest absolute Gasteiger partial charge is 0.459 e. The zero-order chi connectivity index (χ0) is 15.0. The lowest BCUT2D eigenvalue weighted by atomic mass is 10.0. The first-order chi connectivity index (χ1) is 10.1. The Labute approximate surface area is 128 Å². The summed E-state index contributed by atoms with van der Waals surface area (Å²) < 4.78 is 5.97. The van der Waals surface area contributed by atoms with Crippen LogP contribution in [-0.4, -0.2) is 12.0 Å². The van der Waals surface area contributed by atoms with Crippen LogP contribution in [0.25, 0.3) is 11.0 Å². The minimum absolute atomic E-state index is 0.0238. The van der Waals surface area contributed by atoms with Crippen LogP contribution in [0.15, 0.2) is 40.8 Å². The molecule has 2 heterocycles. The lowest BCUT2D eigenvalue weighted by Gasteiger charge is -2.16. The van der Waals surface area contributed by atoms with Crippen molar-refractivity contribution >= 4 is 22.6 Å². The van der Waals surface area contributed by atoms with E-state index in [0.717, 1.165) is 33.7 Å². The third-order valence-electron chi connectivity index (χ3n) is 3.65. The molecule has 3 aromatic rings. The van der Waals surface area contributed by atoms with Crippen molar-refractivity contribution in [3.05, 3.63) is 64.1 Å². The maximum absolute atomic E-state index is 6.03. The smallest absolute Gasteiger partial charge is 0.134 e. The van der Waals surface area contributed by atoms with Gasteiger partial charge < -0.3 is 9.73 Å². The second kappa shape index (κ2) is 5.51. The highest BCUT2D eigenvalue weighted by Crippen LogP contribution is 2.30. The van der Waals surface area contributed by atoms with Gasteiger partial charge in [-0.1, -0.05) is 17.7 Å². The van der Waals surface area contributed by atoms with Crippen LogP contribution in [0.3, 0.4) is 0 Å². The summed E-state index contributed by atoms with van der Waals surface area (Å²) in [7, 11) is 1.92. The molecule has 0 bridgehead atoms. The Balaban J connectivity index is 2.09. The number of nitrogens with zero attached hydrogens (tertiary/aromatic N) is 1. The summed E-state index contributed by atoms with van der Waals surface area (Å²) in [6, 6.07) is 11.8. The molecule has 4 heteroatoms. The molecular weight excluding hydrogens is 284 g/mol. The number of fused-ring (bicyclic) bond motifs is 1. The predicted molar refractivity (Wildman–Crippen MR) is 85.8 cm³/mol. The van der Waals surface area contributed by atoms with E-state index < -0.39 is 0 Å². The molecule has 3 nitrogen and oxygen atoms in total. The molecule has 0 saturated heterocycles. The van der Waals surface area contributed by atoms with Crippen molar-refractivity contribution in [1.29, 1.82) is 0 Å². The minimum Gasteiger partial charge on any atom is -0.459 e. The summed E-state index contributed by atoms with van der Waals surface area (Å²) in [4.78, 5) is 4.53. The quantitative estimate of drug-likeness (QED) is 0.779. The lowest BCUT2D eigenvalue weighted by molar-refractivity contribution is 0.489. The highest BCUT2D eigenvalue weighted by atomic mass is 35.5. The van der Waals surface area contributed by atoms with Gasteiger partial charge in [-0.15, -0.1) is 0 Å². The normalized spacial score (nSPS) is 12.8. The maximum Gasteiger partial charge on any atom is 0.134 e. The second-order valence-corrected chi connectivity index (χ2v) is 5.62. The third-order valence-corrected chi connectivity index (χ3v) is 3.88. The molecule has 21 heavy (non-hydrogen) atoms. The number of aromatic nitrogens is 1. The van der Waals surface area contributed by atoms with Gasteiger partial charge in [-0.2, -0.15) is 0 Å². The summed E-state index contributed by atoms with van der Waals surface area (Å²) in [5.41, 5.74) is 3.98. The minimum atomic E-state index is -0.0238. The van der Waals surface area contributed by atoms with E-state index in [9.17, 15) is 0 Å². The Morgan fingerprint density at radius 2 is 1.95 bits per heavy atom. The molecule has 1 aromatic carbocycles. The molecule has 3 rings (SSSR count). The van der Waals surface area contributed by atoms with Crippen LogP contribution < -0.4 is 5.32 Å². The average Bonchev–Trinajstić information content (AvgIpc) is 2.84. The number of halogens is 1. The molecule has 1 atom stereocenters. The van der Waals surface area contributed by atoms with Gasteiger partial charge in [0.05, 0.1) is 6.04 Å². The van der Waals surface area contributed by atoms with Crippen molar-refractivity contribution in [3.63, 3.8) is 0 Å². The van der Waals surface area contributed by atoms with Crippen LogP contribution >= 0.6 is 11.6 Å². The number of hydrogen-bond donors (Lipinski definition) is 1. The molecule has 0 saturated carbocycles. The summed E-state index contributed by atoms with van der Waals surface area (Å²) in [6.45, 7) is 4.01. The Morgan fingerprint density at radius 1 is 1.14 bits per heavy atom. The summed E-state index contributed by atoms with van der Waals surface area (Å²) in [5.74, 6) is 0.864. The lowest BCUT2D eigenvalue weighted by Crippen LogP contribution is -2.18. The Morgan fingerprint density at radius 3 is 2.67 bits per heavy atom. The van der Waals surface area contributed by atoms with E-state index >= 15 is 0 Å². The van der Waals surface area contributed by atoms with E-state index in [0.29, 0.717) is 5.02 Å². The molecule has 0 fully saturated rings. The molecule has 1 unspecified atom stereocenters. The van der Waals surface area contributed by atoms with Gasteiger partial charge in [0.15, 0.2) is 0 Å². The van der Waals surface area contributed by atoms with Crippen molar-refractivity contribution in [2.24, 2.45) is 0 Å². The number of hydrogen-bond acceptors (Lipinski definition) is 3. The number of pyridine rings is 1. The SMILES string of the molecule is CNC(c1cc2cc(Cl)ccc2o1)c1ccc(C)nc1C. The fraction of sp³-hybridized carbons (Fsp3) is 0.235. The van der Waals surface area contributed by atoms with Crippen molar-refractivity contribution in [1.82, 2.24) is 10.3 Å². The van der Waals surface area contributed by atoms with Crippen molar-refractivity contribution in [2.75, 3.05) is 7.05 Å². The number of furan rings is 1. The van der Waals surface area contributed by atoms with E-state index in [4.69, 9.17) is 16.0 Å². The molecule has 0 radical (unpaired) electrons. The van der Waals surface area contributed by atoms with Gasteiger partial charge in [-0.05, 0) is 56.8 Å². The van der Waals surface area contributed by atoms with E-state index in [1.165, 1.54) is 0 Å². The molecule has 0 aliphatic heterocycles. The molecule has 1 N–H and O–H groups in total. The summed E-state index contributed by atoms with van der Waals surface area (Å²) in [5, 5.41) is 5.03. The number of nitrogens with one attached hydrogen (secondary N) is 1. The molecule has 0 aliphatic rings. The van der Waals surface area contributed by atoms with Crippen molar-refractivity contribution < 1.29 is 4.42 Å². The van der Waals surface area contributed by atoms with Crippen LogP contribution in [-0.2, 0) is 0 Å². The van der Waals surface area contributed by atoms with E-state index in [1.807, 2.05) is 51.2 Å². The van der Waals surface area contributed by atoms with Gasteiger partial charge in [-0.25, -0.2) is 0 Å². The monoisotopic (exact) mass is 300 g/mol. The van der Waals surface area contributed by atoms with Gasteiger partial charge in [0.1, 0.15) is 11.3 Å². The van der Waals surface area contributed by atoms with E-state index in [1.54, 1.807) is 0 Å². The fourth-order valence-corrected chi connectivity index (χ4v) is 2.81. The van der Waals surface area contributed by atoms with Gasteiger partial charge in [0.25, 0.3) is 0 Å². The predicted octanol–water partition coefficient (Wildman–Crippen LogP) is 4.41. The van der Waals surface area contributed by atoms with Crippen LogP contribution in [0.4, 0.5) is 0 Å². The zero-order valence-corrected chi connectivity index (χ0v) is 13.0. The van der Waals surface area contributed by atoms with Gasteiger partial charge in [0, 0.05) is 21.8 Å². The standard InChI is InChI=1S/C17H17ClN2O/c1-10-4-6-14(11(2)20-10)17(19-3)16-9-12-8-13(18)5-7-15(12)21-16/h4-9,17,19H,1-3H3. The summed E-state index contributed by atoms with van der Waals surface area (Å²) >= 11 is 6.03. The number of aryl methyl sites for hydroxylation is 2. The van der Waals surface area contributed by atoms with Crippen molar-refractivity contribution in [3.8, 4) is 0 Å². The van der Waals surface area contributed by atoms with Gasteiger partial charge >= 0.3 is 0 Å². The first kappa shape index (κ1) is 14.1.